The lowest BCUT2D eigenvalue weighted by Gasteiger charge is -2.31. The van der Waals surface area contributed by atoms with Crippen molar-refractivity contribution in [3.05, 3.63) is 29.3 Å². The van der Waals surface area contributed by atoms with Gasteiger partial charge in [-0.1, -0.05) is 53.7 Å². The van der Waals surface area contributed by atoms with Crippen LogP contribution in [0, 0.1) is 5.41 Å². The zero-order valence-corrected chi connectivity index (χ0v) is 14.7. The van der Waals surface area contributed by atoms with E-state index in [4.69, 9.17) is 0 Å². The van der Waals surface area contributed by atoms with E-state index < -0.39 is 0 Å². The predicted octanol–water partition coefficient (Wildman–Crippen LogP) is 5.14. The molecular weight excluding hydrogens is 258 g/mol. The molecule has 0 aromatic heterocycles. The Bertz CT molecular complexity index is 425. The van der Waals surface area contributed by atoms with Gasteiger partial charge in [0.15, 0.2) is 0 Å². The second-order valence-electron chi connectivity index (χ2n) is 6.87. The van der Waals surface area contributed by atoms with Crippen LogP contribution in [-0.4, -0.2) is 18.3 Å². The predicted molar refractivity (Wildman–Crippen MR) is 93.2 cm³/mol. The summed E-state index contributed by atoms with van der Waals surface area (Å²) in [5, 5.41) is 13.3. The van der Waals surface area contributed by atoms with Crippen LogP contribution < -0.4 is 5.32 Å². The molecule has 0 atom stereocenters. The number of benzene rings is 1. The van der Waals surface area contributed by atoms with Crippen LogP contribution in [0.3, 0.4) is 0 Å². The summed E-state index contributed by atoms with van der Waals surface area (Å²) < 4.78 is 0. The number of aliphatic hydroxyl groups is 1. The lowest BCUT2D eigenvalue weighted by molar-refractivity contribution is 0.127. The van der Waals surface area contributed by atoms with Crippen LogP contribution in [-0.2, 0) is 0 Å². The third-order valence-corrected chi connectivity index (χ3v) is 4.85. The van der Waals surface area contributed by atoms with E-state index in [2.05, 4.69) is 65.1 Å². The molecule has 0 amide bonds. The fourth-order valence-corrected chi connectivity index (χ4v) is 2.64. The van der Waals surface area contributed by atoms with Gasteiger partial charge in [0.1, 0.15) is 0 Å². The minimum Gasteiger partial charge on any atom is -0.396 e. The van der Waals surface area contributed by atoms with Crippen LogP contribution in [0.15, 0.2) is 18.2 Å². The van der Waals surface area contributed by atoms with Crippen molar-refractivity contribution in [3.63, 3.8) is 0 Å². The van der Waals surface area contributed by atoms with Gasteiger partial charge in [-0.25, -0.2) is 0 Å². The molecule has 0 saturated heterocycles. The first kappa shape index (κ1) is 18.0. The summed E-state index contributed by atoms with van der Waals surface area (Å²) in [6, 6.07) is 6.76. The molecular formula is C19H33NO. The summed E-state index contributed by atoms with van der Waals surface area (Å²) in [5.41, 5.74) is 3.98. The van der Waals surface area contributed by atoms with E-state index in [0.717, 1.165) is 19.4 Å². The Morgan fingerprint density at radius 3 is 2.10 bits per heavy atom. The monoisotopic (exact) mass is 291 g/mol. The SMILES string of the molecule is CCC(CC)(CO)CNc1ccc(C(C)C)cc1C(C)C. The summed E-state index contributed by atoms with van der Waals surface area (Å²) in [6.07, 6.45) is 1.99. The van der Waals surface area contributed by atoms with Gasteiger partial charge in [0.05, 0.1) is 6.61 Å². The first-order valence-electron chi connectivity index (χ1n) is 8.37. The highest BCUT2D eigenvalue weighted by molar-refractivity contribution is 5.54. The third kappa shape index (κ3) is 4.47. The molecule has 1 aromatic carbocycles. The van der Waals surface area contributed by atoms with Gasteiger partial charge in [0.25, 0.3) is 0 Å². The smallest absolute Gasteiger partial charge is 0.0504 e. The molecule has 0 aliphatic carbocycles. The van der Waals surface area contributed by atoms with Crippen molar-refractivity contribution in [1.29, 1.82) is 0 Å². The zero-order valence-electron chi connectivity index (χ0n) is 14.7. The quantitative estimate of drug-likeness (QED) is 0.694. The lowest BCUT2D eigenvalue weighted by atomic mass is 9.83. The summed E-state index contributed by atoms with van der Waals surface area (Å²) in [6.45, 7) is 14.3. The van der Waals surface area contributed by atoms with Crippen LogP contribution in [0.25, 0.3) is 0 Å². The Morgan fingerprint density at radius 1 is 1.05 bits per heavy atom. The van der Waals surface area contributed by atoms with Crippen molar-refractivity contribution >= 4 is 5.69 Å². The van der Waals surface area contributed by atoms with Gasteiger partial charge in [0.2, 0.25) is 0 Å². The van der Waals surface area contributed by atoms with Crippen LogP contribution in [0.5, 0.6) is 0 Å². The number of rotatable bonds is 8. The van der Waals surface area contributed by atoms with Crippen molar-refractivity contribution < 1.29 is 5.11 Å². The molecule has 1 rings (SSSR count). The maximum absolute atomic E-state index is 9.71. The largest absolute Gasteiger partial charge is 0.396 e. The molecule has 2 nitrogen and oxygen atoms in total. The van der Waals surface area contributed by atoms with Crippen molar-refractivity contribution in [2.24, 2.45) is 5.41 Å². The summed E-state index contributed by atoms with van der Waals surface area (Å²) >= 11 is 0. The Labute approximate surface area is 131 Å². The van der Waals surface area contributed by atoms with E-state index in [-0.39, 0.29) is 12.0 Å². The van der Waals surface area contributed by atoms with E-state index in [9.17, 15) is 5.11 Å². The van der Waals surface area contributed by atoms with E-state index in [0.29, 0.717) is 11.8 Å². The third-order valence-electron chi connectivity index (χ3n) is 4.85. The van der Waals surface area contributed by atoms with E-state index >= 15 is 0 Å². The highest BCUT2D eigenvalue weighted by Gasteiger charge is 2.25. The minimum atomic E-state index is -0.00896. The molecule has 0 unspecified atom stereocenters. The van der Waals surface area contributed by atoms with E-state index in [1.807, 2.05) is 0 Å². The normalized spacial score (nSPS) is 12.2. The molecule has 2 N–H and O–H groups in total. The molecule has 0 aliphatic rings. The number of anilines is 1. The number of aliphatic hydroxyl groups excluding tert-OH is 1. The van der Waals surface area contributed by atoms with Crippen molar-refractivity contribution in [1.82, 2.24) is 0 Å². The molecule has 0 saturated carbocycles. The fraction of sp³-hybridized carbons (Fsp3) is 0.684. The second-order valence-corrected chi connectivity index (χ2v) is 6.87. The minimum absolute atomic E-state index is 0.00896. The molecule has 21 heavy (non-hydrogen) atoms. The molecule has 0 radical (unpaired) electrons. The van der Waals surface area contributed by atoms with E-state index in [1.165, 1.54) is 16.8 Å². The van der Waals surface area contributed by atoms with Gasteiger partial charge < -0.3 is 10.4 Å². The molecule has 0 spiro atoms. The summed E-state index contributed by atoms with van der Waals surface area (Å²) in [4.78, 5) is 0. The van der Waals surface area contributed by atoms with Gasteiger partial charge in [-0.05, 0) is 41.9 Å². The van der Waals surface area contributed by atoms with Gasteiger partial charge in [-0.15, -0.1) is 0 Å². The van der Waals surface area contributed by atoms with Crippen LogP contribution >= 0.6 is 0 Å². The molecule has 0 bridgehead atoms. The molecule has 2 heteroatoms. The maximum Gasteiger partial charge on any atom is 0.0504 e. The van der Waals surface area contributed by atoms with Crippen LogP contribution in [0.2, 0.25) is 0 Å². The standard InChI is InChI=1S/C19H33NO/c1-7-19(8-2,13-21)12-20-18-10-9-16(14(3)4)11-17(18)15(5)6/h9-11,14-15,20-21H,7-8,12-13H2,1-6H3. The molecule has 0 aliphatic heterocycles. The van der Waals surface area contributed by atoms with Crippen LogP contribution in [0.4, 0.5) is 5.69 Å². The summed E-state index contributed by atoms with van der Waals surface area (Å²) in [7, 11) is 0. The molecule has 120 valence electrons. The average Bonchev–Trinajstić information content (AvgIpc) is 2.49. The topological polar surface area (TPSA) is 32.3 Å². The fourth-order valence-electron chi connectivity index (χ4n) is 2.64. The van der Waals surface area contributed by atoms with Crippen molar-refractivity contribution in [2.75, 3.05) is 18.5 Å². The van der Waals surface area contributed by atoms with E-state index in [1.54, 1.807) is 0 Å². The first-order chi connectivity index (χ1) is 9.89. The Kier molecular flexibility index (Phi) is 6.73. The number of hydrogen-bond donors (Lipinski definition) is 2. The molecule has 0 heterocycles. The average molecular weight is 291 g/mol. The van der Waals surface area contributed by atoms with Crippen molar-refractivity contribution in [3.8, 4) is 0 Å². The van der Waals surface area contributed by atoms with Gasteiger partial charge in [0, 0.05) is 17.6 Å². The number of nitrogens with one attached hydrogen (secondary N) is 1. The van der Waals surface area contributed by atoms with Gasteiger partial charge >= 0.3 is 0 Å². The second kappa shape index (κ2) is 7.84. The Hall–Kier alpha value is -1.02. The zero-order chi connectivity index (χ0) is 16.0. The maximum atomic E-state index is 9.71. The highest BCUT2D eigenvalue weighted by atomic mass is 16.3. The van der Waals surface area contributed by atoms with Crippen molar-refractivity contribution in [2.45, 2.75) is 66.2 Å². The Balaban J connectivity index is 2.97. The molecule has 0 fully saturated rings. The van der Waals surface area contributed by atoms with Gasteiger partial charge in [-0.2, -0.15) is 0 Å². The Morgan fingerprint density at radius 2 is 1.67 bits per heavy atom. The van der Waals surface area contributed by atoms with Gasteiger partial charge in [-0.3, -0.25) is 0 Å². The van der Waals surface area contributed by atoms with Crippen LogP contribution in [0.1, 0.15) is 77.3 Å². The number of hydrogen-bond acceptors (Lipinski definition) is 2. The highest BCUT2D eigenvalue weighted by Crippen LogP contribution is 2.31. The summed E-state index contributed by atoms with van der Waals surface area (Å²) in [5.74, 6) is 1.05. The first-order valence-corrected chi connectivity index (χ1v) is 8.37. The molecule has 1 aromatic rings. The lowest BCUT2D eigenvalue weighted by Crippen LogP contribution is -2.32.